The molecule has 0 atom stereocenters. The summed E-state index contributed by atoms with van der Waals surface area (Å²) in [6.45, 7) is 11.1. The number of hydrogen-bond donors (Lipinski definition) is 1. The average Bonchev–Trinajstić information content (AvgIpc) is 2.34. The molecule has 1 aromatic heterocycles. The normalized spacial score (nSPS) is 11.7. The van der Waals surface area contributed by atoms with Gasteiger partial charge in [0.1, 0.15) is 5.15 Å². The van der Waals surface area contributed by atoms with E-state index in [4.69, 9.17) is 21.8 Å². The van der Waals surface area contributed by atoms with Crippen molar-refractivity contribution in [1.82, 2.24) is 4.98 Å². The molecule has 2 N–H and O–H groups in total. The Kier molecular flexibility index (Phi) is 5.57. The molecule has 0 aromatic carbocycles. The van der Waals surface area contributed by atoms with Gasteiger partial charge in [-0.1, -0.05) is 44.2 Å². The van der Waals surface area contributed by atoms with E-state index in [2.05, 4.69) is 50.7 Å². The highest BCUT2D eigenvalue weighted by Crippen LogP contribution is 2.36. The summed E-state index contributed by atoms with van der Waals surface area (Å²) in [5, 5.41) is 0.349. The predicted molar refractivity (Wildman–Crippen MR) is 87.8 cm³/mol. The smallest absolute Gasteiger partial charge is 0.250 e. The molecule has 0 saturated heterocycles. The van der Waals surface area contributed by atoms with Crippen LogP contribution in [-0.4, -0.2) is 25.8 Å². The summed E-state index contributed by atoms with van der Waals surface area (Å²) in [6, 6.07) is 1.42. The standard InChI is InChI=1S/C15H21ClN2O2Si/c1-15(2,3)21(4,5)20-8-6-7-11-10-18-13(16)9-12(11)14(17)19/h9-10H,8H2,1-5H3,(H2,17,19). The number of aromatic nitrogens is 1. The first-order chi connectivity index (χ1) is 9.54. The van der Waals surface area contributed by atoms with Gasteiger partial charge in [0.05, 0.1) is 17.7 Å². The van der Waals surface area contributed by atoms with E-state index in [-0.39, 0.29) is 15.8 Å². The maximum absolute atomic E-state index is 11.3. The van der Waals surface area contributed by atoms with Gasteiger partial charge in [0.2, 0.25) is 5.91 Å². The van der Waals surface area contributed by atoms with Crippen LogP contribution in [0.25, 0.3) is 0 Å². The van der Waals surface area contributed by atoms with Crippen molar-refractivity contribution in [3.05, 3.63) is 28.5 Å². The number of hydrogen-bond acceptors (Lipinski definition) is 3. The number of halogens is 1. The topological polar surface area (TPSA) is 65.2 Å². The van der Waals surface area contributed by atoms with Gasteiger partial charge < -0.3 is 10.2 Å². The highest BCUT2D eigenvalue weighted by molar-refractivity contribution is 6.74. The van der Waals surface area contributed by atoms with Gasteiger partial charge in [-0.05, 0) is 24.2 Å². The van der Waals surface area contributed by atoms with Crippen molar-refractivity contribution in [3.8, 4) is 11.8 Å². The van der Waals surface area contributed by atoms with Crippen LogP contribution in [0.4, 0.5) is 0 Å². The second-order valence-corrected chi connectivity index (χ2v) is 11.5. The Morgan fingerprint density at radius 3 is 2.62 bits per heavy atom. The number of nitrogens with zero attached hydrogens (tertiary/aromatic N) is 1. The van der Waals surface area contributed by atoms with Gasteiger partial charge in [0.15, 0.2) is 8.32 Å². The highest BCUT2D eigenvalue weighted by Gasteiger charge is 2.36. The number of carbonyl (C=O) groups excluding carboxylic acids is 1. The van der Waals surface area contributed by atoms with E-state index in [1.807, 2.05) is 0 Å². The Bertz CT molecular complexity index is 598. The second-order valence-electron chi connectivity index (χ2n) is 6.27. The number of rotatable bonds is 3. The van der Waals surface area contributed by atoms with E-state index in [1.54, 1.807) is 0 Å². The third-order valence-corrected chi connectivity index (χ3v) is 8.36. The number of amides is 1. The summed E-state index contributed by atoms with van der Waals surface area (Å²) in [6.07, 6.45) is 1.45. The van der Waals surface area contributed by atoms with Gasteiger partial charge in [-0.2, -0.15) is 0 Å². The third-order valence-electron chi connectivity index (χ3n) is 3.67. The van der Waals surface area contributed by atoms with Gasteiger partial charge in [-0.3, -0.25) is 4.79 Å². The molecule has 4 nitrogen and oxygen atoms in total. The van der Waals surface area contributed by atoms with Crippen molar-refractivity contribution in [2.45, 2.75) is 38.9 Å². The minimum absolute atomic E-state index is 0.134. The van der Waals surface area contributed by atoms with E-state index in [0.29, 0.717) is 12.2 Å². The monoisotopic (exact) mass is 324 g/mol. The number of nitrogens with two attached hydrogens (primary N) is 1. The van der Waals surface area contributed by atoms with Crippen LogP contribution in [-0.2, 0) is 4.43 Å². The minimum atomic E-state index is -1.82. The molecule has 1 heterocycles. The van der Waals surface area contributed by atoms with Gasteiger partial charge >= 0.3 is 0 Å². The van der Waals surface area contributed by atoms with E-state index >= 15 is 0 Å². The molecule has 114 valence electrons. The van der Waals surface area contributed by atoms with E-state index in [9.17, 15) is 4.79 Å². The second kappa shape index (κ2) is 6.61. The van der Waals surface area contributed by atoms with Crippen LogP contribution < -0.4 is 5.73 Å². The van der Waals surface area contributed by atoms with Crippen molar-refractivity contribution in [1.29, 1.82) is 0 Å². The lowest BCUT2D eigenvalue weighted by Gasteiger charge is -2.35. The maximum Gasteiger partial charge on any atom is 0.250 e. The minimum Gasteiger partial charge on any atom is -0.406 e. The molecule has 0 spiro atoms. The van der Waals surface area contributed by atoms with Gasteiger partial charge in [-0.15, -0.1) is 0 Å². The van der Waals surface area contributed by atoms with Gasteiger partial charge in [-0.25, -0.2) is 4.98 Å². The SMILES string of the molecule is CC(C)(C)[Si](C)(C)OCC#Cc1cnc(Cl)cc1C(N)=O. The van der Waals surface area contributed by atoms with Crippen LogP contribution in [0.15, 0.2) is 12.3 Å². The lowest BCUT2D eigenvalue weighted by atomic mass is 10.1. The van der Waals surface area contributed by atoms with Gasteiger partial charge in [0, 0.05) is 6.20 Å². The van der Waals surface area contributed by atoms with Crippen LogP contribution in [0, 0.1) is 11.8 Å². The average molecular weight is 325 g/mol. The molecule has 0 bridgehead atoms. The Hall–Kier alpha value is -1.35. The fourth-order valence-electron chi connectivity index (χ4n) is 1.30. The molecule has 1 rings (SSSR count). The van der Waals surface area contributed by atoms with E-state index in [0.717, 1.165) is 0 Å². The zero-order chi connectivity index (χ0) is 16.3. The summed E-state index contributed by atoms with van der Waals surface area (Å²) in [5.74, 6) is 5.21. The molecule has 0 unspecified atom stereocenters. The maximum atomic E-state index is 11.3. The van der Waals surface area contributed by atoms with Crippen LogP contribution in [0.5, 0.6) is 0 Å². The summed E-state index contributed by atoms with van der Waals surface area (Å²) in [4.78, 5) is 15.3. The van der Waals surface area contributed by atoms with Crippen molar-refractivity contribution in [2.24, 2.45) is 5.73 Å². The van der Waals surface area contributed by atoms with Crippen molar-refractivity contribution < 1.29 is 9.22 Å². The molecule has 0 radical (unpaired) electrons. The number of carbonyl (C=O) groups is 1. The quantitative estimate of drug-likeness (QED) is 0.527. The molecule has 1 aromatic rings. The Balaban J connectivity index is 2.84. The van der Waals surface area contributed by atoms with E-state index in [1.165, 1.54) is 12.3 Å². The summed E-state index contributed by atoms with van der Waals surface area (Å²) in [5.41, 5.74) is 6.03. The molecular weight excluding hydrogens is 304 g/mol. The fraction of sp³-hybridized carbons (Fsp3) is 0.467. The summed E-state index contributed by atoms with van der Waals surface area (Å²) < 4.78 is 5.94. The zero-order valence-electron chi connectivity index (χ0n) is 13.1. The lowest BCUT2D eigenvalue weighted by Crippen LogP contribution is -2.40. The van der Waals surface area contributed by atoms with Crippen molar-refractivity contribution in [3.63, 3.8) is 0 Å². The highest BCUT2D eigenvalue weighted by atomic mass is 35.5. The predicted octanol–water partition coefficient (Wildman–Crippen LogP) is 3.21. The van der Waals surface area contributed by atoms with Crippen molar-refractivity contribution in [2.75, 3.05) is 6.61 Å². The Morgan fingerprint density at radius 2 is 2.10 bits per heavy atom. The largest absolute Gasteiger partial charge is 0.406 e. The lowest BCUT2D eigenvalue weighted by molar-refractivity contribution is 0.1000. The molecule has 0 fully saturated rings. The zero-order valence-corrected chi connectivity index (χ0v) is 14.8. The molecule has 0 saturated carbocycles. The van der Waals surface area contributed by atoms with Crippen molar-refractivity contribution >= 4 is 25.8 Å². The first kappa shape index (κ1) is 17.7. The number of primary amides is 1. The first-order valence-electron chi connectivity index (χ1n) is 6.63. The summed E-state index contributed by atoms with van der Waals surface area (Å²) in [7, 11) is -1.82. The third kappa shape index (κ3) is 4.85. The molecule has 21 heavy (non-hydrogen) atoms. The molecule has 0 aliphatic carbocycles. The van der Waals surface area contributed by atoms with Gasteiger partial charge in [0.25, 0.3) is 0 Å². The van der Waals surface area contributed by atoms with Crippen LogP contribution in [0.3, 0.4) is 0 Å². The molecule has 1 amide bonds. The van der Waals surface area contributed by atoms with E-state index < -0.39 is 14.2 Å². The molecule has 0 aliphatic rings. The molecule has 6 heteroatoms. The summed E-state index contributed by atoms with van der Waals surface area (Å²) >= 11 is 5.75. The van der Waals surface area contributed by atoms with Crippen LogP contribution in [0.1, 0.15) is 36.7 Å². The Labute approximate surface area is 132 Å². The van der Waals surface area contributed by atoms with Crippen LogP contribution >= 0.6 is 11.6 Å². The first-order valence-corrected chi connectivity index (χ1v) is 9.91. The number of pyridine rings is 1. The molecule has 0 aliphatic heterocycles. The van der Waals surface area contributed by atoms with Crippen LogP contribution in [0.2, 0.25) is 23.3 Å². The molecular formula is C15H21ClN2O2Si. The fourth-order valence-corrected chi connectivity index (χ4v) is 2.32. The Morgan fingerprint density at radius 1 is 1.48 bits per heavy atom.